The number of piperazine rings is 1. The lowest BCUT2D eigenvalue weighted by Gasteiger charge is -2.38. The van der Waals surface area contributed by atoms with Crippen molar-refractivity contribution in [2.24, 2.45) is 0 Å². The van der Waals surface area contributed by atoms with Crippen molar-refractivity contribution in [1.29, 1.82) is 0 Å². The molecule has 2 saturated heterocycles. The van der Waals surface area contributed by atoms with E-state index in [-0.39, 0.29) is 11.4 Å². The van der Waals surface area contributed by atoms with Crippen molar-refractivity contribution in [3.05, 3.63) is 18.5 Å². The third-order valence-corrected chi connectivity index (χ3v) is 4.24. The zero-order valence-electron chi connectivity index (χ0n) is 11.9. The maximum atomic E-state index is 12.6. The van der Waals surface area contributed by atoms with Crippen LogP contribution in [0, 0.1) is 0 Å². The third-order valence-electron chi connectivity index (χ3n) is 4.24. The van der Waals surface area contributed by atoms with Crippen molar-refractivity contribution < 1.29 is 4.79 Å². The topological polar surface area (TPSA) is 61.4 Å². The van der Waals surface area contributed by atoms with Crippen LogP contribution in [-0.2, 0) is 4.79 Å². The van der Waals surface area contributed by atoms with Gasteiger partial charge in [-0.2, -0.15) is 0 Å². The Hall–Kier alpha value is -1.69. The second-order valence-corrected chi connectivity index (χ2v) is 5.69. The van der Waals surface area contributed by atoms with E-state index in [0.717, 1.165) is 51.5 Å². The fraction of sp³-hybridized carbons (Fsp3) is 0.643. The van der Waals surface area contributed by atoms with Gasteiger partial charge in [0.25, 0.3) is 0 Å². The number of nitrogens with one attached hydrogen (secondary N) is 1. The Morgan fingerprint density at radius 1 is 1.25 bits per heavy atom. The summed E-state index contributed by atoms with van der Waals surface area (Å²) in [6.45, 7) is 6.05. The molecule has 2 aliphatic heterocycles. The highest BCUT2D eigenvalue weighted by molar-refractivity contribution is 5.86. The van der Waals surface area contributed by atoms with Crippen molar-refractivity contribution in [1.82, 2.24) is 20.2 Å². The summed E-state index contributed by atoms with van der Waals surface area (Å²) in [5, 5.41) is 3.34. The number of carbonyl (C=O) groups excluding carboxylic acids is 1. The van der Waals surface area contributed by atoms with Crippen molar-refractivity contribution in [3.8, 4) is 0 Å². The minimum Gasteiger partial charge on any atom is -0.338 e. The number of carbonyl (C=O) groups is 1. The molecule has 0 spiro atoms. The monoisotopic (exact) mass is 275 g/mol. The van der Waals surface area contributed by atoms with Gasteiger partial charge in [-0.25, -0.2) is 9.97 Å². The molecule has 0 aromatic carbocycles. The Bertz CT molecular complexity index is 464. The van der Waals surface area contributed by atoms with Gasteiger partial charge in [-0.3, -0.25) is 4.79 Å². The molecule has 1 atom stereocenters. The fourth-order valence-corrected chi connectivity index (χ4v) is 2.99. The quantitative estimate of drug-likeness (QED) is 0.839. The molecule has 0 aliphatic carbocycles. The summed E-state index contributed by atoms with van der Waals surface area (Å²) in [7, 11) is 0. The normalized spacial score (nSPS) is 26.9. The molecule has 6 nitrogen and oxygen atoms in total. The van der Waals surface area contributed by atoms with E-state index < -0.39 is 0 Å². The van der Waals surface area contributed by atoms with Crippen LogP contribution in [-0.4, -0.2) is 59.0 Å². The summed E-state index contributed by atoms with van der Waals surface area (Å²) in [6.07, 6.45) is 5.53. The van der Waals surface area contributed by atoms with Gasteiger partial charge in [0.05, 0.1) is 5.54 Å². The van der Waals surface area contributed by atoms with Crippen LogP contribution in [0.1, 0.15) is 19.8 Å². The predicted molar refractivity (Wildman–Crippen MR) is 76.5 cm³/mol. The SMILES string of the molecule is CC1(C(=O)N2CCN(c3ncccn3)CC2)CCCN1. The molecule has 3 heterocycles. The van der Waals surface area contributed by atoms with Gasteiger partial charge in [-0.05, 0) is 32.4 Å². The molecule has 20 heavy (non-hydrogen) atoms. The molecule has 108 valence electrons. The van der Waals surface area contributed by atoms with E-state index in [9.17, 15) is 4.79 Å². The zero-order chi connectivity index (χ0) is 14.0. The first kappa shape index (κ1) is 13.3. The maximum Gasteiger partial charge on any atom is 0.242 e. The van der Waals surface area contributed by atoms with E-state index in [0.29, 0.717) is 0 Å². The average Bonchev–Trinajstić information content (AvgIpc) is 2.96. The molecule has 1 unspecified atom stereocenters. The van der Waals surface area contributed by atoms with Crippen LogP contribution in [0.3, 0.4) is 0 Å². The minimum absolute atomic E-state index is 0.239. The molecule has 1 aromatic heterocycles. The van der Waals surface area contributed by atoms with Crippen molar-refractivity contribution in [2.75, 3.05) is 37.6 Å². The van der Waals surface area contributed by atoms with E-state index in [1.807, 2.05) is 17.9 Å². The predicted octanol–water partition coefficient (Wildman–Crippen LogP) is 0.267. The van der Waals surface area contributed by atoms with Crippen LogP contribution in [0.5, 0.6) is 0 Å². The molecule has 3 rings (SSSR count). The molecule has 2 aliphatic rings. The standard InChI is InChI=1S/C14H21N5O/c1-14(4-2-7-17-14)12(20)18-8-10-19(11-9-18)13-15-5-3-6-16-13/h3,5-6,17H,2,4,7-11H2,1H3. The number of nitrogens with zero attached hydrogens (tertiary/aromatic N) is 4. The Balaban J connectivity index is 1.60. The lowest BCUT2D eigenvalue weighted by molar-refractivity contribution is -0.137. The Labute approximate surface area is 119 Å². The summed E-state index contributed by atoms with van der Waals surface area (Å²) in [5.74, 6) is 0.994. The molecular weight excluding hydrogens is 254 g/mol. The molecule has 1 amide bonds. The van der Waals surface area contributed by atoms with E-state index in [1.165, 1.54) is 0 Å². The number of rotatable bonds is 2. The van der Waals surface area contributed by atoms with Crippen LogP contribution in [0.15, 0.2) is 18.5 Å². The Morgan fingerprint density at radius 2 is 1.95 bits per heavy atom. The maximum absolute atomic E-state index is 12.6. The fourth-order valence-electron chi connectivity index (χ4n) is 2.99. The van der Waals surface area contributed by atoms with Crippen molar-refractivity contribution in [3.63, 3.8) is 0 Å². The van der Waals surface area contributed by atoms with Crippen LogP contribution in [0.2, 0.25) is 0 Å². The molecule has 1 N–H and O–H groups in total. The highest BCUT2D eigenvalue weighted by atomic mass is 16.2. The van der Waals surface area contributed by atoms with E-state index in [1.54, 1.807) is 12.4 Å². The summed E-state index contributed by atoms with van der Waals surface area (Å²) >= 11 is 0. The van der Waals surface area contributed by atoms with Crippen LogP contribution in [0.25, 0.3) is 0 Å². The molecule has 6 heteroatoms. The van der Waals surface area contributed by atoms with Crippen LogP contribution >= 0.6 is 0 Å². The second-order valence-electron chi connectivity index (χ2n) is 5.69. The Kier molecular flexibility index (Phi) is 3.56. The largest absolute Gasteiger partial charge is 0.338 e. The number of amides is 1. The third kappa shape index (κ3) is 2.47. The highest BCUT2D eigenvalue weighted by Gasteiger charge is 2.39. The van der Waals surface area contributed by atoms with Gasteiger partial charge in [-0.15, -0.1) is 0 Å². The average molecular weight is 275 g/mol. The van der Waals surface area contributed by atoms with Gasteiger partial charge in [0.15, 0.2) is 0 Å². The molecule has 1 aromatic rings. The van der Waals surface area contributed by atoms with Gasteiger partial charge in [0, 0.05) is 38.6 Å². The first-order chi connectivity index (χ1) is 9.69. The highest BCUT2D eigenvalue weighted by Crippen LogP contribution is 2.22. The van der Waals surface area contributed by atoms with E-state index in [4.69, 9.17) is 0 Å². The number of aromatic nitrogens is 2. The van der Waals surface area contributed by atoms with Crippen molar-refractivity contribution >= 4 is 11.9 Å². The number of hydrogen-bond donors (Lipinski definition) is 1. The molecule has 2 fully saturated rings. The summed E-state index contributed by atoms with van der Waals surface area (Å²) in [4.78, 5) is 25.2. The van der Waals surface area contributed by atoms with E-state index in [2.05, 4.69) is 20.2 Å². The zero-order valence-corrected chi connectivity index (χ0v) is 11.9. The Morgan fingerprint density at radius 3 is 2.55 bits per heavy atom. The number of hydrogen-bond acceptors (Lipinski definition) is 5. The van der Waals surface area contributed by atoms with Gasteiger partial charge < -0.3 is 15.1 Å². The number of anilines is 1. The summed E-state index contributed by atoms with van der Waals surface area (Å²) in [5.41, 5.74) is -0.356. The van der Waals surface area contributed by atoms with Gasteiger partial charge in [-0.1, -0.05) is 0 Å². The lowest BCUT2D eigenvalue weighted by Crippen LogP contribution is -2.58. The van der Waals surface area contributed by atoms with E-state index >= 15 is 0 Å². The second kappa shape index (κ2) is 5.36. The minimum atomic E-state index is -0.356. The van der Waals surface area contributed by atoms with Gasteiger partial charge in [0.2, 0.25) is 11.9 Å². The lowest BCUT2D eigenvalue weighted by atomic mass is 9.98. The molecular formula is C14H21N5O. The first-order valence-electron chi connectivity index (χ1n) is 7.25. The summed E-state index contributed by atoms with van der Waals surface area (Å²) in [6, 6.07) is 1.82. The van der Waals surface area contributed by atoms with Gasteiger partial charge in [0.1, 0.15) is 0 Å². The van der Waals surface area contributed by atoms with Gasteiger partial charge >= 0.3 is 0 Å². The first-order valence-corrected chi connectivity index (χ1v) is 7.25. The van der Waals surface area contributed by atoms with Crippen molar-refractivity contribution in [2.45, 2.75) is 25.3 Å². The van der Waals surface area contributed by atoms with Crippen LogP contribution in [0.4, 0.5) is 5.95 Å². The summed E-state index contributed by atoms with van der Waals surface area (Å²) < 4.78 is 0. The molecule has 0 saturated carbocycles. The molecule has 0 radical (unpaired) electrons. The molecule has 0 bridgehead atoms. The van der Waals surface area contributed by atoms with Crippen LogP contribution < -0.4 is 10.2 Å². The smallest absolute Gasteiger partial charge is 0.242 e.